The Balaban J connectivity index is 2.00. The highest BCUT2D eigenvalue weighted by Crippen LogP contribution is 2.23. The Labute approximate surface area is 120 Å². The molecule has 0 amide bonds. The Morgan fingerprint density at radius 3 is 2.75 bits per heavy atom. The summed E-state index contributed by atoms with van der Waals surface area (Å²) >= 11 is 0. The first-order valence-corrected chi connectivity index (χ1v) is 7.31. The minimum Gasteiger partial charge on any atom is -0.481 e. The lowest BCUT2D eigenvalue weighted by Gasteiger charge is -2.34. The normalized spacial score (nSPS) is 21.6. The molecule has 0 spiro atoms. The second-order valence-electron chi connectivity index (χ2n) is 5.58. The van der Waals surface area contributed by atoms with Gasteiger partial charge >= 0.3 is 5.97 Å². The molecule has 1 aliphatic heterocycles. The molecular formula is C16H23NO3. The quantitative estimate of drug-likeness (QED) is 0.834. The van der Waals surface area contributed by atoms with Crippen molar-refractivity contribution in [2.75, 3.05) is 26.2 Å². The van der Waals surface area contributed by atoms with Crippen LogP contribution in [0.15, 0.2) is 30.3 Å². The first-order valence-electron chi connectivity index (χ1n) is 7.31. The standard InChI is InChI=1S/C16H23NO3/c18-10-8-13-5-4-9-17(11-13)12-15(16(19)20)14-6-2-1-3-7-14/h1-3,6-7,13,15,18H,4-5,8-12H2,(H,19,20). The third kappa shape index (κ3) is 4.05. The smallest absolute Gasteiger partial charge is 0.312 e. The molecule has 0 bridgehead atoms. The lowest BCUT2D eigenvalue weighted by Crippen LogP contribution is -2.39. The van der Waals surface area contributed by atoms with Crippen molar-refractivity contribution in [1.29, 1.82) is 0 Å². The number of carbonyl (C=O) groups is 1. The van der Waals surface area contributed by atoms with Crippen LogP contribution in [0.5, 0.6) is 0 Å². The van der Waals surface area contributed by atoms with Gasteiger partial charge in [0, 0.05) is 19.7 Å². The number of aliphatic hydroxyl groups is 1. The Hall–Kier alpha value is -1.39. The molecule has 1 saturated heterocycles. The van der Waals surface area contributed by atoms with Crippen LogP contribution in [-0.2, 0) is 4.79 Å². The van der Waals surface area contributed by atoms with Crippen LogP contribution in [0.2, 0.25) is 0 Å². The number of carboxylic acid groups (broad SMARTS) is 1. The predicted molar refractivity (Wildman–Crippen MR) is 77.7 cm³/mol. The van der Waals surface area contributed by atoms with Crippen LogP contribution in [0, 0.1) is 5.92 Å². The number of hydrogen-bond donors (Lipinski definition) is 2. The van der Waals surface area contributed by atoms with Crippen molar-refractivity contribution >= 4 is 5.97 Å². The molecule has 2 atom stereocenters. The van der Waals surface area contributed by atoms with E-state index in [0.717, 1.165) is 37.9 Å². The number of likely N-dealkylation sites (tertiary alicyclic amines) is 1. The fourth-order valence-electron chi connectivity index (χ4n) is 3.00. The van der Waals surface area contributed by atoms with Crippen LogP contribution in [0.4, 0.5) is 0 Å². The largest absolute Gasteiger partial charge is 0.481 e. The maximum Gasteiger partial charge on any atom is 0.312 e. The van der Waals surface area contributed by atoms with E-state index in [2.05, 4.69) is 4.90 Å². The minimum absolute atomic E-state index is 0.222. The van der Waals surface area contributed by atoms with Crippen LogP contribution in [0.1, 0.15) is 30.7 Å². The highest BCUT2D eigenvalue weighted by atomic mass is 16.4. The van der Waals surface area contributed by atoms with Gasteiger partial charge in [-0.1, -0.05) is 30.3 Å². The molecule has 1 heterocycles. The fourth-order valence-corrected chi connectivity index (χ4v) is 3.00. The van der Waals surface area contributed by atoms with Gasteiger partial charge in [-0.3, -0.25) is 4.79 Å². The summed E-state index contributed by atoms with van der Waals surface area (Å²) in [7, 11) is 0. The summed E-state index contributed by atoms with van der Waals surface area (Å²) in [5, 5.41) is 18.5. The third-order valence-corrected chi connectivity index (χ3v) is 4.08. The molecule has 1 aromatic rings. The van der Waals surface area contributed by atoms with Gasteiger partial charge in [-0.05, 0) is 37.3 Å². The molecule has 0 radical (unpaired) electrons. The van der Waals surface area contributed by atoms with Gasteiger partial charge in [-0.15, -0.1) is 0 Å². The molecule has 0 aliphatic carbocycles. The van der Waals surface area contributed by atoms with E-state index in [9.17, 15) is 9.90 Å². The van der Waals surface area contributed by atoms with Gasteiger partial charge in [0.05, 0.1) is 5.92 Å². The molecule has 20 heavy (non-hydrogen) atoms. The summed E-state index contributed by atoms with van der Waals surface area (Å²) in [6, 6.07) is 9.44. The second-order valence-corrected chi connectivity index (χ2v) is 5.58. The predicted octanol–water partition coefficient (Wildman–Crippen LogP) is 1.95. The zero-order chi connectivity index (χ0) is 14.4. The van der Waals surface area contributed by atoms with Crippen LogP contribution >= 0.6 is 0 Å². The Kier molecular flexibility index (Phi) is 5.56. The molecule has 110 valence electrons. The molecule has 2 unspecified atom stereocenters. The van der Waals surface area contributed by atoms with E-state index in [1.165, 1.54) is 0 Å². The SMILES string of the molecule is O=C(O)C(CN1CCCC(CCO)C1)c1ccccc1. The van der Waals surface area contributed by atoms with E-state index in [1.54, 1.807) is 0 Å². The highest BCUT2D eigenvalue weighted by molar-refractivity contribution is 5.76. The number of piperidine rings is 1. The average molecular weight is 277 g/mol. The monoisotopic (exact) mass is 277 g/mol. The Bertz CT molecular complexity index is 419. The van der Waals surface area contributed by atoms with Gasteiger partial charge in [0.15, 0.2) is 0 Å². The van der Waals surface area contributed by atoms with Gasteiger partial charge in [-0.2, -0.15) is 0 Å². The van der Waals surface area contributed by atoms with E-state index in [4.69, 9.17) is 5.11 Å². The first kappa shape index (κ1) is 15.0. The number of aliphatic carboxylic acids is 1. The second kappa shape index (κ2) is 7.41. The maximum atomic E-state index is 11.5. The summed E-state index contributed by atoms with van der Waals surface area (Å²) in [5.74, 6) is -0.733. The number of carboxylic acids is 1. The molecule has 1 aromatic carbocycles. The van der Waals surface area contributed by atoms with Crippen molar-refractivity contribution in [3.05, 3.63) is 35.9 Å². The maximum absolute atomic E-state index is 11.5. The van der Waals surface area contributed by atoms with Crippen molar-refractivity contribution in [1.82, 2.24) is 4.90 Å². The number of benzene rings is 1. The number of nitrogens with zero attached hydrogens (tertiary/aromatic N) is 1. The van der Waals surface area contributed by atoms with Gasteiger partial charge < -0.3 is 15.1 Å². The van der Waals surface area contributed by atoms with Crippen molar-refractivity contribution < 1.29 is 15.0 Å². The molecule has 4 heteroatoms. The van der Waals surface area contributed by atoms with Crippen molar-refractivity contribution in [2.45, 2.75) is 25.2 Å². The van der Waals surface area contributed by atoms with Crippen LogP contribution < -0.4 is 0 Å². The van der Waals surface area contributed by atoms with E-state index in [0.29, 0.717) is 12.5 Å². The molecule has 1 fully saturated rings. The van der Waals surface area contributed by atoms with E-state index in [1.807, 2.05) is 30.3 Å². The van der Waals surface area contributed by atoms with Crippen molar-refractivity contribution in [2.24, 2.45) is 5.92 Å². The summed E-state index contributed by atoms with van der Waals surface area (Å²) < 4.78 is 0. The Morgan fingerprint density at radius 2 is 2.10 bits per heavy atom. The molecule has 1 aliphatic rings. The summed E-state index contributed by atoms with van der Waals surface area (Å²) in [5.41, 5.74) is 0.865. The Morgan fingerprint density at radius 1 is 1.35 bits per heavy atom. The number of rotatable bonds is 6. The van der Waals surface area contributed by atoms with Gasteiger partial charge in [0.1, 0.15) is 0 Å². The van der Waals surface area contributed by atoms with Crippen LogP contribution in [0.25, 0.3) is 0 Å². The van der Waals surface area contributed by atoms with Crippen LogP contribution in [0.3, 0.4) is 0 Å². The first-order chi connectivity index (χ1) is 9.70. The highest BCUT2D eigenvalue weighted by Gasteiger charge is 2.26. The lowest BCUT2D eigenvalue weighted by atomic mass is 9.92. The summed E-state index contributed by atoms with van der Waals surface area (Å²) in [6.07, 6.45) is 3.05. The van der Waals surface area contributed by atoms with Crippen molar-refractivity contribution in [3.63, 3.8) is 0 Å². The lowest BCUT2D eigenvalue weighted by molar-refractivity contribution is -0.139. The van der Waals surface area contributed by atoms with E-state index < -0.39 is 11.9 Å². The van der Waals surface area contributed by atoms with Gasteiger partial charge in [0.2, 0.25) is 0 Å². The van der Waals surface area contributed by atoms with Gasteiger partial charge in [-0.25, -0.2) is 0 Å². The topological polar surface area (TPSA) is 60.8 Å². The number of hydrogen-bond acceptors (Lipinski definition) is 3. The molecule has 2 rings (SSSR count). The van der Waals surface area contributed by atoms with Gasteiger partial charge in [0.25, 0.3) is 0 Å². The molecule has 0 aromatic heterocycles. The molecular weight excluding hydrogens is 254 g/mol. The summed E-state index contributed by atoms with van der Waals surface area (Å²) in [6.45, 7) is 2.64. The zero-order valence-electron chi connectivity index (χ0n) is 11.7. The van der Waals surface area contributed by atoms with Crippen molar-refractivity contribution in [3.8, 4) is 0 Å². The average Bonchev–Trinajstić information content (AvgIpc) is 2.46. The zero-order valence-corrected chi connectivity index (χ0v) is 11.7. The van der Waals surface area contributed by atoms with E-state index >= 15 is 0 Å². The molecule has 2 N–H and O–H groups in total. The number of aliphatic hydroxyl groups excluding tert-OH is 1. The molecule has 4 nitrogen and oxygen atoms in total. The molecule has 0 saturated carbocycles. The van der Waals surface area contributed by atoms with Crippen LogP contribution in [-0.4, -0.2) is 47.3 Å². The van der Waals surface area contributed by atoms with E-state index in [-0.39, 0.29) is 6.61 Å². The third-order valence-electron chi connectivity index (χ3n) is 4.08. The minimum atomic E-state index is -0.763. The summed E-state index contributed by atoms with van der Waals surface area (Å²) in [4.78, 5) is 13.7. The fraction of sp³-hybridized carbons (Fsp3) is 0.562.